The van der Waals surface area contributed by atoms with Crippen molar-refractivity contribution in [1.82, 2.24) is 10.6 Å². The van der Waals surface area contributed by atoms with Gasteiger partial charge in [-0.25, -0.2) is 4.79 Å². The van der Waals surface area contributed by atoms with Gasteiger partial charge >= 0.3 is 6.09 Å². The second-order valence-corrected chi connectivity index (χ2v) is 6.24. The summed E-state index contributed by atoms with van der Waals surface area (Å²) in [5.41, 5.74) is 0.330. The molecule has 0 heterocycles. The van der Waals surface area contributed by atoms with Crippen molar-refractivity contribution in [2.24, 2.45) is 0 Å². The highest BCUT2D eigenvalue weighted by atomic mass is 16.6. The summed E-state index contributed by atoms with van der Waals surface area (Å²) in [6, 6.07) is 6.31. The molecule has 3 N–H and O–H groups in total. The maximum atomic E-state index is 11.9. The summed E-state index contributed by atoms with van der Waals surface area (Å²) in [5.74, 6) is -0.584. The van der Waals surface area contributed by atoms with Crippen LogP contribution in [-0.2, 0) is 9.53 Å². The first kappa shape index (κ1) is 19.5. The largest absolute Gasteiger partial charge is 0.444 e. The van der Waals surface area contributed by atoms with Crippen LogP contribution >= 0.6 is 0 Å². The molecule has 1 rings (SSSR count). The first-order chi connectivity index (χ1) is 11.2. The number of carbonyl (C=O) groups is 3. The quantitative estimate of drug-likeness (QED) is 0.743. The molecular weight excluding hydrogens is 310 g/mol. The van der Waals surface area contributed by atoms with E-state index in [0.29, 0.717) is 17.8 Å². The average Bonchev–Trinajstić information content (AvgIpc) is 2.49. The Morgan fingerprint density at radius 2 is 1.67 bits per heavy atom. The molecule has 0 aliphatic carbocycles. The number of hydrogen-bond acceptors (Lipinski definition) is 4. The molecule has 1 aromatic carbocycles. The zero-order valence-electron chi connectivity index (χ0n) is 14.6. The second kappa shape index (κ2) is 8.90. The van der Waals surface area contributed by atoms with E-state index in [-0.39, 0.29) is 18.4 Å². The first-order valence-corrected chi connectivity index (χ1v) is 7.86. The Labute approximate surface area is 142 Å². The van der Waals surface area contributed by atoms with E-state index in [2.05, 4.69) is 16.0 Å². The minimum Gasteiger partial charge on any atom is -0.444 e. The van der Waals surface area contributed by atoms with Crippen molar-refractivity contribution in [3.05, 3.63) is 29.8 Å². The molecule has 0 aliphatic rings. The SMILES string of the molecule is CCCNC(=O)CNC(=O)c1ccc(NC(=O)OC(C)(C)C)cc1. The minimum atomic E-state index is -0.581. The smallest absolute Gasteiger partial charge is 0.412 e. The standard InChI is InChI=1S/C17H25N3O4/c1-5-10-18-14(21)11-19-15(22)12-6-8-13(9-7-12)20-16(23)24-17(2,3)4/h6-9H,5,10-11H2,1-4H3,(H,18,21)(H,19,22)(H,20,23). The van der Waals surface area contributed by atoms with Crippen LogP contribution in [-0.4, -0.2) is 36.6 Å². The van der Waals surface area contributed by atoms with Crippen LogP contribution in [0.25, 0.3) is 0 Å². The molecule has 0 aliphatic heterocycles. The molecule has 7 nitrogen and oxygen atoms in total. The molecule has 0 unspecified atom stereocenters. The summed E-state index contributed by atoms with van der Waals surface area (Å²) < 4.78 is 5.14. The van der Waals surface area contributed by atoms with Crippen molar-refractivity contribution in [1.29, 1.82) is 0 Å². The van der Waals surface area contributed by atoms with Gasteiger partial charge in [-0.15, -0.1) is 0 Å². The fraction of sp³-hybridized carbons (Fsp3) is 0.471. The summed E-state index contributed by atoms with van der Waals surface area (Å²) in [6.07, 6.45) is 0.276. The van der Waals surface area contributed by atoms with Crippen LogP contribution in [0.1, 0.15) is 44.5 Å². The highest BCUT2D eigenvalue weighted by Crippen LogP contribution is 2.13. The molecule has 0 spiro atoms. The van der Waals surface area contributed by atoms with Gasteiger partial charge in [0, 0.05) is 17.8 Å². The molecule has 7 heteroatoms. The number of benzene rings is 1. The van der Waals surface area contributed by atoms with Gasteiger partial charge in [-0.3, -0.25) is 14.9 Å². The lowest BCUT2D eigenvalue weighted by atomic mass is 10.2. The van der Waals surface area contributed by atoms with E-state index in [1.165, 1.54) is 0 Å². The van der Waals surface area contributed by atoms with E-state index >= 15 is 0 Å². The summed E-state index contributed by atoms with van der Waals surface area (Å²) in [5, 5.41) is 7.79. The van der Waals surface area contributed by atoms with Gasteiger partial charge in [0.15, 0.2) is 0 Å². The molecule has 1 aromatic rings. The van der Waals surface area contributed by atoms with E-state index in [0.717, 1.165) is 6.42 Å². The fourth-order valence-electron chi connectivity index (χ4n) is 1.72. The summed E-state index contributed by atoms with van der Waals surface area (Å²) >= 11 is 0. The molecular formula is C17H25N3O4. The number of anilines is 1. The predicted octanol–water partition coefficient (Wildman–Crippen LogP) is 2.29. The zero-order valence-corrected chi connectivity index (χ0v) is 14.6. The van der Waals surface area contributed by atoms with Crippen molar-refractivity contribution < 1.29 is 19.1 Å². The van der Waals surface area contributed by atoms with Crippen molar-refractivity contribution in [3.8, 4) is 0 Å². The van der Waals surface area contributed by atoms with Crippen LogP contribution in [0.2, 0.25) is 0 Å². The van der Waals surface area contributed by atoms with Crippen molar-refractivity contribution in [2.45, 2.75) is 39.7 Å². The molecule has 0 radical (unpaired) electrons. The maximum Gasteiger partial charge on any atom is 0.412 e. The Kier molecular flexibility index (Phi) is 7.23. The highest BCUT2D eigenvalue weighted by Gasteiger charge is 2.16. The number of nitrogens with one attached hydrogen (secondary N) is 3. The van der Waals surface area contributed by atoms with Crippen LogP contribution < -0.4 is 16.0 Å². The highest BCUT2D eigenvalue weighted by molar-refractivity contribution is 5.97. The number of hydrogen-bond donors (Lipinski definition) is 3. The summed E-state index contributed by atoms with van der Waals surface area (Å²) in [6.45, 7) is 7.78. The number of amides is 3. The minimum absolute atomic E-state index is 0.0727. The molecule has 0 fully saturated rings. The van der Waals surface area contributed by atoms with Crippen LogP contribution in [0.4, 0.5) is 10.5 Å². The Bertz CT molecular complexity index is 576. The van der Waals surface area contributed by atoms with Crippen molar-refractivity contribution in [3.63, 3.8) is 0 Å². The van der Waals surface area contributed by atoms with E-state index in [4.69, 9.17) is 4.74 Å². The molecule has 0 saturated heterocycles. The number of ether oxygens (including phenoxy) is 1. The Morgan fingerprint density at radius 3 is 2.21 bits per heavy atom. The monoisotopic (exact) mass is 335 g/mol. The van der Waals surface area contributed by atoms with Gasteiger partial charge in [0.2, 0.25) is 5.91 Å². The molecule has 0 aromatic heterocycles. The third-order valence-corrected chi connectivity index (χ3v) is 2.77. The van der Waals surface area contributed by atoms with Gasteiger partial charge in [-0.2, -0.15) is 0 Å². The van der Waals surface area contributed by atoms with Crippen LogP contribution in [0.5, 0.6) is 0 Å². The Hall–Kier alpha value is -2.57. The molecule has 0 atom stereocenters. The lowest BCUT2D eigenvalue weighted by Crippen LogP contribution is -2.37. The van der Waals surface area contributed by atoms with E-state index in [1.807, 2.05) is 6.92 Å². The van der Waals surface area contributed by atoms with Gasteiger partial charge in [0.1, 0.15) is 5.60 Å². The third-order valence-electron chi connectivity index (χ3n) is 2.77. The van der Waals surface area contributed by atoms with Crippen LogP contribution in [0.3, 0.4) is 0 Å². The van der Waals surface area contributed by atoms with Gasteiger partial charge in [0.05, 0.1) is 6.54 Å². The third kappa shape index (κ3) is 7.62. The zero-order chi connectivity index (χ0) is 18.2. The first-order valence-electron chi connectivity index (χ1n) is 7.86. The lowest BCUT2D eigenvalue weighted by molar-refractivity contribution is -0.120. The Balaban J connectivity index is 2.50. The molecule has 3 amide bonds. The normalized spacial score (nSPS) is 10.7. The lowest BCUT2D eigenvalue weighted by Gasteiger charge is -2.19. The maximum absolute atomic E-state index is 11.9. The van der Waals surface area contributed by atoms with Gasteiger partial charge < -0.3 is 15.4 Å². The topological polar surface area (TPSA) is 96.5 Å². The predicted molar refractivity (Wildman–Crippen MR) is 91.9 cm³/mol. The molecule has 0 saturated carbocycles. The van der Waals surface area contributed by atoms with Crippen molar-refractivity contribution in [2.75, 3.05) is 18.4 Å². The fourth-order valence-corrected chi connectivity index (χ4v) is 1.72. The molecule has 0 bridgehead atoms. The van der Waals surface area contributed by atoms with Crippen LogP contribution in [0.15, 0.2) is 24.3 Å². The van der Waals surface area contributed by atoms with Crippen LogP contribution in [0, 0.1) is 0 Å². The summed E-state index contributed by atoms with van der Waals surface area (Å²) in [4.78, 5) is 35.0. The van der Waals surface area contributed by atoms with E-state index in [1.54, 1.807) is 45.0 Å². The number of carbonyl (C=O) groups excluding carboxylic acids is 3. The number of rotatable bonds is 6. The van der Waals surface area contributed by atoms with E-state index < -0.39 is 11.7 Å². The van der Waals surface area contributed by atoms with E-state index in [9.17, 15) is 14.4 Å². The Morgan fingerprint density at radius 1 is 1.04 bits per heavy atom. The second-order valence-electron chi connectivity index (χ2n) is 6.24. The van der Waals surface area contributed by atoms with Gasteiger partial charge in [0.25, 0.3) is 5.91 Å². The van der Waals surface area contributed by atoms with Gasteiger partial charge in [-0.1, -0.05) is 6.92 Å². The molecule has 132 valence electrons. The van der Waals surface area contributed by atoms with Gasteiger partial charge in [-0.05, 0) is 51.5 Å². The average molecular weight is 335 g/mol. The summed E-state index contributed by atoms with van der Waals surface area (Å²) in [7, 11) is 0. The molecule has 24 heavy (non-hydrogen) atoms. The van der Waals surface area contributed by atoms with Crippen molar-refractivity contribution >= 4 is 23.6 Å².